The molecule has 3 heterocycles. The van der Waals surface area contributed by atoms with Crippen LogP contribution in [-0.2, 0) is 14.3 Å². The van der Waals surface area contributed by atoms with E-state index in [1.54, 1.807) is 24.1 Å². The Morgan fingerprint density at radius 3 is 2.31 bits per heavy atom. The Kier molecular flexibility index (Phi) is 6.04. The molecule has 1 N–H and O–H groups in total. The Morgan fingerprint density at radius 2 is 1.72 bits per heavy atom. The minimum Gasteiger partial charge on any atom is -0.497 e. The third-order valence-electron chi connectivity index (χ3n) is 7.43. The molecule has 9 nitrogen and oxygen atoms in total. The molecule has 9 heteroatoms. The molecular formula is C27H30N2O7. The minimum atomic E-state index is -0.806. The van der Waals surface area contributed by atoms with E-state index in [4.69, 9.17) is 23.7 Å². The molecule has 2 fully saturated rings. The highest BCUT2D eigenvalue weighted by molar-refractivity contribution is 5.99. The molecule has 0 saturated carbocycles. The number of ether oxygens (including phenoxy) is 5. The maximum atomic E-state index is 13.7. The lowest BCUT2D eigenvalue weighted by atomic mass is 9.76. The lowest BCUT2D eigenvalue weighted by Crippen LogP contribution is -2.41. The summed E-state index contributed by atoms with van der Waals surface area (Å²) in [5.41, 5.74) is 0.654. The molecule has 1 spiro atoms. The summed E-state index contributed by atoms with van der Waals surface area (Å²) in [6.45, 7) is 2.38. The number of benzene rings is 2. The van der Waals surface area contributed by atoms with Crippen molar-refractivity contribution < 1.29 is 33.3 Å². The highest BCUT2D eigenvalue weighted by Crippen LogP contribution is 2.53. The van der Waals surface area contributed by atoms with Crippen LogP contribution >= 0.6 is 0 Å². The number of hydrogen-bond acceptors (Lipinski definition) is 7. The molecule has 3 aliphatic rings. The summed E-state index contributed by atoms with van der Waals surface area (Å²) < 4.78 is 27.7. The van der Waals surface area contributed by atoms with Crippen molar-refractivity contribution in [2.75, 3.05) is 40.3 Å². The molecule has 2 amide bonds. The first-order chi connectivity index (χ1) is 17.4. The van der Waals surface area contributed by atoms with Crippen LogP contribution in [-0.4, -0.2) is 63.4 Å². The van der Waals surface area contributed by atoms with Crippen LogP contribution in [0, 0.1) is 11.8 Å². The summed E-state index contributed by atoms with van der Waals surface area (Å²) in [6, 6.07) is 10.8. The molecule has 0 aliphatic carbocycles. The van der Waals surface area contributed by atoms with Gasteiger partial charge in [-0.3, -0.25) is 9.59 Å². The van der Waals surface area contributed by atoms with E-state index in [0.717, 1.165) is 11.3 Å². The lowest BCUT2D eigenvalue weighted by molar-refractivity contribution is -0.137. The van der Waals surface area contributed by atoms with Gasteiger partial charge < -0.3 is 33.9 Å². The Hall–Kier alpha value is -3.72. The van der Waals surface area contributed by atoms with Gasteiger partial charge in [0.25, 0.3) is 0 Å². The van der Waals surface area contributed by atoms with E-state index in [2.05, 4.69) is 5.32 Å². The summed E-state index contributed by atoms with van der Waals surface area (Å²) in [5.74, 6) is 0.381. The molecule has 2 saturated heterocycles. The monoisotopic (exact) mass is 494 g/mol. The summed E-state index contributed by atoms with van der Waals surface area (Å²) in [4.78, 5) is 29.1. The van der Waals surface area contributed by atoms with Gasteiger partial charge in [-0.2, -0.15) is 0 Å². The van der Waals surface area contributed by atoms with Crippen molar-refractivity contribution in [2.24, 2.45) is 11.8 Å². The zero-order valence-corrected chi connectivity index (χ0v) is 20.9. The van der Waals surface area contributed by atoms with Crippen molar-refractivity contribution in [1.82, 2.24) is 4.90 Å². The fourth-order valence-electron chi connectivity index (χ4n) is 5.60. The quantitative estimate of drug-likeness (QED) is 0.563. The van der Waals surface area contributed by atoms with E-state index in [1.165, 1.54) is 21.3 Å². The van der Waals surface area contributed by atoms with E-state index in [0.29, 0.717) is 29.5 Å². The zero-order chi connectivity index (χ0) is 25.6. The topological polar surface area (TPSA) is 95.6 Å². The lowest BCUT2D eigenvalue weighted by Gasteiger charge is -2.28. The van der Waals surface area contributed by atoms with Crippen LogP contribution in [0.3, 0.4) is 0 Å². The molecular weight excluding hydrogens is 464 g/mol. The average molecular weight is 495 g/mol. The molecule has 190 valence electrons. The number of carbonyl (C=O) groups is 2. The number of amides is 2. The number of anilines is 1. The maximum absolute atomic E-state index is 13.7. The fourth-order valence-corrected chi connectivity index (χ4v) is 5.60. The van der Waals surface area contributed by atoms with Crippen LogP contribution < -0.4 is 24.3 Å². The van der Waals surface area contributed by atoms with Gasteiger partial charge in [-0.1, -0.05) is 24.3 Å². The van der Waals surface area contributed by atoms with Crippen LogP contribution in [0.15, 0.2) is 48.6 Å². The standard InChI is InChI=1S/C27H30N2O7/c1-15(16-6-8-18(32-2)9-7-16)29-14-27-11-10-19(36-27)22(23(27)26(29)31)25(30)28-17-12-20(33-3)24(35-5)21(13-17)34-4/h6-13,15,19,22-23H,14H2,1-5H3,(H,28,30)/t15?,19-,22?,23?,27-/m0/s1. The number of nitrogens with one attached hydrogen (secondary N) is 1. The van der Waals surface area contributed by atoms with Gasteiger partial charge in [0.2, 0.25) is 17.6 Å². The molecule has 0 radical (unpaired) electrons. The molecule has 2 aromatic rings. The number of likely N-dealkylation sites (tertiary alicyclic amines) is 1. The van der Waals surface area contributed by atoms with Gasteiger partial charge in [0.1, 0.15) is 11.4 Å². The van der Waals surface area contributed by atoms with Crippen LogP contribution in [0.5, 0.6) is 23.0 Å². The average Bonchev–Trinajstić information content (AvgIpc) is 3.55. The van der Waals surface area contributed by atoms with Gasteiger partial charge in [0.15, 0.2) is 11.5 Å². The van der Waals surface area contributed by atoms with Crippen molar-refractivity contribution in [3.8, 4) is 23.0 Å². The molecule has 0 aromatic heterocycles. The van der Waals surface area contributed by atoms with Crippen molar-refractivity contribution in [2.45, 2.75) is 24.7 Å². The van der Waals surface area contributed by atoms with Gasteiger partial charge in [0, 0.05) is 17.8 Å². The van der Waals surface area contributed by atoms with Crippen molar-refractivity contribution >= 4 is 17.5 Å². The smallest absolute Gasteiger partial charge is 0.231 e. The van der Waals surface area contributed by atoms with Crippen LogP contribution in [0.25, 0.3) is 0 Å². The van der Waals surface area contributed by atoms with Crippen molar-refractivity contribution in [1.29, 1.82) is 0 Å². The van der Waals surface area contributed by atoms with E-state index in [-0.39, 0.29) is 17.9 Å². The van der Waals surface area contributed by atoms with E-state index >= 15 is 0 Å². The molecule has 3 aliphatic heterocycles. The van der Waals surface area contributed by atoms with E-state index in [9.17, 15) is 9.59 Å². The molecule has 5 rings (SSSR count). The first kappa shape index (κ1) is 24.0. The Balaban J connectivity index is 1.39. The highest BCUT2D eigenvalue weighted by Gasteiger charge is 2.67. The number of fused-ring (bicyclic) bond motifs is 1. The first-order valence-corrected chi connectivity index (χ1v) is 11.8. The predicted octanol–water partition coefficient (Wildman–Crippen LogP) is 3.20. The third kappa shape index (κ3) is 3.65. The number of methoxy groups -OCH3 is 4. The van der Waals surface area contributed by atoms with Crippen molar-refractivity contribution in [3.05, 3.63) is 54.1 Å². The second kappa shape index (κ2) is 9.05. The number of hydrogen-bond donors (Lipinski definition) is 1. The SMILES string of the molecule is COc1ccc(C(C)N2C[C@]34C=C[C@H](O3)C(C(=O)Nc3cc(OC)c(OC)c(OC)c3)C4C2=O)cc1. The summed E-state index contributed by atoms with van der Waals surface area (Å²) in [6.07, 6.45) is 3.38. The second-order valence-electron chi connectivity index (χ2n) is 9.22. The summed E-state index contributed by atoms with van der Waals surface area (Å²) in [7, 11) is 6.15. The summed E-state index contributed by atoms with van der Waals surface area (Å²) >= 11 is 0. The normalized spacial score (nSPS) is 26.5. The molecule has 3 unspecified atom stereocenters. The van der Waals surface area contributed by atoms with Crippen molar-refractivity contribution in [3.63, 3.8) is 0 Å². The predicted molar refractivity (Wildman–Crippen MR) is 132 cm³/mol. The van der Waals surface area contributed by atoms with Gasteiger partial charge in [-0.05, 0) is 24.6 Å². The van der Waals surface area contributed by atoms with Gasteiger partial charge in [-0.15, -0.1) is 0 Å². The van der Waals surface area contributed by atoms with Gasteiger partial charge >= 0.3 is 0 Å². The third-order valence-corrected chi connectivity index (χ3v) is 7.43. The summed E-state index contributed by atoms with van der Waals surface area (Å²) in [5, 5.41) is 2.93. The first-order valence-electron chi connectivity index (χ1n) is 11.8. The van der Waals surface area contributed by atoms with Crippen LogP contribution in [0.2, 0.25) is 0 Å². The van der Waals surface area contributed by atoms with Crippen LogP contribution in [0.4, 0.5) is 5.69 Å². The number of nitrogens with zero attached hydrogens (tertiary/aromatic N) is 1. The highest BCUT2D eigenvalue weighted by atomic mass is 16.5. The molecule has 36 heavy (non-hydrogen) atoms. The molecule has 2 aromatic carbocycles. The fraction of sp³-hybridized carbons (Fsp3) is 0.407. The Bertz CT molecular complexity index is 1190. The zero-order valence-electron chi connectivity index (χ0n) is 20.9. The number of carbonyl (C=O) groups excluding carboxylic acids is 2. The molecule has 5 atom stereocenters. The Morgan fingerprint density at radius 1 is 1.06 bits per heavy atom. The molecule has 2 bridgehead atoms. The second-order valence-corrected chi connectivity index (χ2v) is 9.22. The Labute approximate surface area is 209 Å². The van der Waals surface area contributed by atoms with E-state index < -0.39 is 23.5 Å². The largest absolute Gasteiger partial charge is 0.497 e. The van der Waals surface area contributed by atoms with Gasteiger partial charge in [0.05, 0.1) is 59.0 Å². The van der Waals surface area contributed by atoms with Gasteiger partial charge in [-0.25, -0.2) is 0 Å². The maximum Gasteiger partial charge on any atom is 0.231 e. The minimum absolute atomic E-state index is 0.0878. The van der Waals surface area contributed by atoms with E-state index in [1.807, 2.05) is 43.3 Å². The number of rotatable bonds is 8. The van der Waals surface area contributed by atoms with Crippen LogP contribution in [0.1, 0.15) is 18.5 Å².